The van der Waals surface area contributed by atoms with E-state index in [0.29, 0.717) is 11.3 Å². The van der Waals surface area contributed by atoms with Crippen molar-refractivity contribution in [1.82, 2.24) is 14.4 Å². The van der Waals surface area contributed by atoms with Crippen LogP contribution in [0.3, 0.4) is 0 Å². The zero-order chi connectivity index (χ0) is 13.4. The molecule has 0 saturated carbocycles. The highest BCUT2D eigenvalue weighted by Crippen LogP contribution is 2.25. The first kappa shape index (κ1) is 11.7. The summed E-state index contributed by atoms with van der Waals surface area (Å²) in [5.74, 6) is -0.343. The van der Waals surface area contributed by atoms with Crippen molar-refractivity contribution in [3.63, 3.8) is 0 Å². The highest BCUT2D eigenvalue weighted by atomic mass is 35.5. The molecular formula is C13H8ClN3O2. The lowest BCUT2D eigenvalue weighted by Gasteiger charge is -2.01. The SMILES string of the molecule is O=C(O)c1ccn2c(-c3ccncc3)nc(Cl)c2c1. The van der Waals surface area contributed by atoms with Crippen LogP contribution in [0, 0.1) is 0 Å². The molecule has 3 aromatic rings. The Hall–Kier alpha value is -2.40. The first-order valence-corrected chi connectivity index (χ1v) is 5.86. The molecule has 94 valence electrons. The van der Waals surface area contributed by atoms with Crippen molar-refractivity contribution >= 4 is 23.1 Å². The summed E-state index contributed by atoms with van der Waals surface area (Å²) in [6.07, 6.45) is 4.97. The first-order valence-electron chi connectivity index (χ1n) is 5.48. The summed E-state index contributed by atoms with van der Waals surface area (Å²) >= 11 is 6.06. The van der Waals surface area contributed by atoms with Crippen LogP contribution in [0.5, 0.6) is 0 Å². The van der Waals surface area contributed by atoms with E-state index in [1.165, 1.54) is 12.1 Å². The van der Waals surface area contributed by atoms with Crippen molar-refractivity contribution in [2.75, 3.05) is 0 Å². The maximum absolute atomic E-state index is 11.0. The number of aromatic nitrogens is 3. The number of halogens is 1. The van der Waals surface area contributed by atoms with Crippen LogP contribution in [-0.2, 0) is 0 Å². The summed E-state index contributed by atoms with van der Waals surface area (Å²) in [4.78, 5) is 19.2. The Bertz CT molecular complexity index is 768. The van der Waals surface area contributed by atoms with Crippen molar-refractivity contribution in [2.45, 2.75) is 0 Å². The highest BCUT2D eigenvalue weighted by molar-refractivity contribution is 6.33. The molecule has 0 spiro atoms. The van der Waals surface area contributed by atoms with Gasteiger partial charge in [-0.2, -0.15) is 0 Å². The van der Waals surface area contributed by atoms with E-state index in [-0.39, 0.29) is 10.7 Å². The molecule has 6 heteroatoms. The molecule has 0 amide bonds. The van der Waals surface area contributed by atoms with Gasteiger partial charge in [-0.25, -0.2) is 9.78 Å². The van der Waals surface area contributed by atoms with Gasteiger partial charge in [0, 0.05) is 24.2 Å². The highest BCUT2D eigenvalue weighted by Gasteiger charge is 2.13. The monoisotopic (exact) mass is 273 g/mol. The first-order chi connectivity index (χ1) is 9.16. The van der Waals surface area contributed by atoms with E-state index in [1.54, 1.807) is 23.0 Å². The number of rotatable bonds is 2. The van der Waals surface area contributed by atoms with Crippen LogP contribution in [0.4, 0.5) is 0 Å². The van der Waals surface area contributed by atoms with Gasteiger partial charge in [-0.15, -0.1) is 0 Å². The molecule has 0 fully saturated rings. The second kappa shape index (κ2) is 4.37. The van der Waals surface area contributed by atoms with Gasteiger partial charge < -0.3 is 5.11 Å². The average molecular weight is 274 g/mol. The van der Waals surface area contributed by atoms with Crippen LogP contribution in [-0.4, -0.2) is 25.4 Å². The molecule has 0 bridgehead atoms. The Morgan fingerprint density at radius 1 is 1.26 bits per heavy atom. The van der Waals surface area contributed by atoms with Crippen LogP contribution in [0.15, 0.2) is 42.9 Å². The number of hydrogen-bond acceptors (Lipinski definition) is 3. The van der Waals surface area contributed by atoms with Crippen LogP contribution >= 0.6 is 11.6 Å². The summed E-state index contributed by atoms with van der Waals surface area (Å²) in [5, 5.41) is 9.25. The largest absolute Gasteiger partial charge is 0.478 e. The standard InChI is InChI=1S/C13H8ClN3O2/c14-11-10-7-9(13(18)19)3-6-17(10)12(16-11)8-1-4-15-5-2-8/h1-7H,(H,18,19). The molecule has 0 radical (unpaired) electrons. The van der Waals surface area contributed by atoms with Gasteiger partial charge in [0.1, 0.15) is 5.82 Å². The molecule has 19 heavy (non-hydrogen) atoms. The van der Waals surface area contributed by atoms with Crippen molar-refractivity contribution in [3.05, 3.63) is 53.6 Å². The molecule has 1 N–H and O–H groups in total. The van der Waals surface area contributed by atoms with Crippen LogP contribution in [0.25, 0.3) is 16.9 Å². The molecule has 0 saturated heterocycles. The number of carboxylic acid groups (broad SMARTS) is 1. The fourth-order valence-corrected chi connectivity index (χ4v) is 2.11. The Labute approximate surface area is 113 Å². The number of pyridine rings is 2. The fourth-order valence-electron chi connectivity index (χ4n) is 1.89. The molecule has 0 aromatic carbocycles. The smallest absolute Gasteiger partial charge is 0.335 e. The Morgan fingerprint density at radius 3 is 2.68 bits per heavy atom. The second-order valence-corrected chi connectivity index (χ2v) is 4.30. The normalized spacial score (nSPS) is 10.8. The summed E-state index contributed by atoms with van der Waals surface area (Å²) in [6, 6.07) is 6.65. The number of carboxylic acids is 1. The predicted octanol–water partition coefficient (Wildman–Crippen LogP) is 2.75. The van der Waals surface area contributed by atoms with E-state index in [0.717, 1.165) is 5.56 Å². The zero-order valence-electron chi connectivity index (χ0n) is 9.62. The van der Waals surface area contributed by atoms with E-state index in [1.807, 2.05) is 12.1 Å². The molecule has 3 aromatic heterocycles. The van der Waals surface area contributed by atoms with Gasteiger partial charge in [-0.3, -0.25) is 9.38 Å². The molecule has 3 heterocycles. The van der Waals surface area contributed by atoms with Crippen LogP contribution in [0.1, 0.15) is 10.4 Å². The Balaban J connectivity index is 2.26. The van der Waals surface area contributed by atoms with Gasteiger partial charge in [0.25, 0.3) is 0 Å². The van der Waals surface area contributed by atoms with Crippen LogP contribution < -0.4 is 0 Å². The minimum atomic E-state index is -0.995. The van der Waals surface area contributed by atoms with Gasteiger partial charge >= 0.3 is 5.97 Å². The van der Waals surface area contributed by atoms with E-state index < -0.39 is 5.97 Å². The van der Waals surface area contributed by atoms with E-state index >= 15 is 0 Å². The quantitative estimate of drug-likeness (QED) is 0.779. The zero-order valence-corrected chi connectivity index (χ0v) is 10.4. The van der Waals surface area contributed by atoms with Gasteiger partial charge in [-0.05, 0) is 24.3 Å². The minimum absolute atomic E-state index is 0.176. The lowest BCUT2D eigenvalue weighted by atomic mass is 10.2. The number of carbonyl (C=O) groups is 1. The van der Waals surface area contributed by atoms with Crippen molar-refractivity contribution < 1.29 is 9.90 Å². The Kier molecular flexibility index (Phi) is 2.68. The number of nitrogens with zero attached hydrogens (tertiary/aromatic N) is 3. The minimum Gasteiger partial charge on any atom is -0.478 e. The van der Waals surface area contributed by atoms with Gasteiger partial charge in [0.2, 0.25) is 0 Å². The second-order valence-electron chi connectivity index (χ2n) is 3.94. The molecular weight excluding hydrogens is 266 g/mol. The summed E-state index contributed by atoms with van der Waals surface area (Å²) in [7, 11) is 0. The predicted molar refractivity (Wildman–Crippen MR) is 70.4 cm³/mol. The number of aromatic carboxylic acids is 1. The molecule has 3 rings (SSSR count). The number of fused-ring (bicyclic) bond motifs is 1. The molecule has 0 aliphatic rings. The number of hydrogen-bond donors (Lipinski definition) is 1. The lowest BCUT2D eigenvalue weighted by Crippen LogP contribution is -1.98. The third-order valence-corrected chi connectivity index (χ3v) is 3.06. The topological polar surface area (TPSA) is 67.5 Å². The maximum atomic E-state index is 11.0. The molecule has 0 atom stereocenters. The third kappa shape index (κ3) is 1.94. The van der Waals surface area contributed by atoms with Crippen molar-refractivity contribution in [3.8, 4) is 11.4 Å². The van der Waals surface area contributed by atoms with E-state index in [9.17, 15) is 4.79 Å². The van der Waals surface area contributed by atoms with Crippen molar-refractivity contribution in [2.24, 2.45) is 0 Å². The molecule has 5 nitrogen and oxygen atoms in total. The van der Waals surface area contributed by atoms with Crippen molar-refractivity contribution in [1.29, 1.82) is 0 Å². The van der Waals surface area contributed by atoms with Gasteiger partial charge in [0.15, 0.2) is 5.15 Å². The van der Waals surface area contributed by atoms with E-state index in [4.69, 9.17) is 16.7 Å². The van der Waals surface area contributed by atoms with Crippen LogP contribution in [0.2, 0.25) is 5.15 Å². The molecule has 0 unspecified atom stereocenters. The fraction of sp³-hybridized carbons (Fsp3) is 0. The number of imidazole rings is 1. The average Bonchev–Trinajstić information content (AvgIpc) is 2.77. The summed E-state index contributed by atoms with van der Waals surface area (Å²) in [5.41, 5.74) is 1.60. The third-order valence-electron chi connectivity index (χ3n) is 2.78. The summed E-state index contributed by atoms with van der Waals surface area (Å²) in [6.45, 7) is 0. The Morgan fingerprint density at radius 2 is 2.00 bits per heavy atom. The van der Waals surface area contributed by atoms with Gasteiger partial charge in [0.05, 0.1) is 11.1 Å². The van der Waals surface area contributed by atoms with Gasteiger partial charge in [-0.1, -0.05) is 11.6 Å². The lowest BCUT2D eigenvalue weighted by molar-refractivity contribution is 0.0697. The molecule has 0 aliphatic carbocycles. The molecule has 0 aliphatic heterocycles. The maximum Gasteiger partial charge on any atom is 0.335 e. The van der Waals surface area contributed by atoms with E-state index in [2.05, 4.69) is 9.97 Å². The summed E-state index contributed by atoms with van der Waals surface area (Å²) < 4.78 is 1.75.